The van der Waals surface area contributed by atoms with Crippen molar-refractivity contribution in [2.24, 2.45) is 0 Å². The summed E-state index contributed by atoms with van der Waals surface area (Å²) in [5.74, 6) is 0.547. The molecule has 2 aromatic heterocycles. The lowest BCUT2D eigenvalue weighted by Gasteiger charge is -2.09. The van der Waals surface area contributed by atoms with Crippen LogP contribution in [0.15, 0.2) is 24.5 Å². The molecule has 0 aliphatic carbocycles. The van der Waals surface area contributed by atoms with Crippen molar-refractivity contribution in [3.05, 3.63) is 35.8 Å². The molecular formula is C11H13N5O. The number of hydrogen-bond acceptors (Lipinski definition) is 3. The Labute approximate surface area is 98.5 Å². The first kappa shape index (κ1) is 11.1. The van der Waals surface area contributed by atoms with Crippen molar-refractivity contribution in [3.63, 3.8) is 0 Å². The van der Waals surface area contributed by atoms with Crippen LogP contribution in [0.1, 0.15) is 11.3 Å². The molecule has 17 heavy (non-hydrogen) atoms. The zero-order chi connectivity index (χ0) is 12.3. The van der Waals surface area contributed by atoms with Gasteiger partial charge in [-0.05, 0) is 25.5 Å². The maximum Gasteiger partial charge on any atom is 0.324 e. The van der Waals surface area contributed by atoms with Gasteiger partial charge in [-0.25, -0.2) is 4.79 Å². The lowest BCUT2D eigenvalue weighted by molar-refractivity contribution is 0.262. The first-order valence-corrected chi connectivity index (χ1v) is 5.16. The average Bonchev–Trinajstić information content (AvgIpc) is 2.76. The van der Waals surface area contributed by atoms with Gasteiger partial charge in [-0.3, -0.25) is 15.4 Å². The zero-order valence-corrected chi connectivity index (χ0v) is 9.61. The Morgan fingerprint density at radius 2 is 2.18 bits per heavy atom. The highest BCUT2D eigenvalue weighted by Crippen LogP contribution is 2.14. The molecule has 0 unspecified atom stereocenters. The summed E-state index contributed by atoms with van der Waals surface area (Å²) in [6.07, 6.45) is 3.29. The standard InChI is InChI=1S/C11H13N5O/c1-7-6-12-8(2)5-9(7)14-11(17)15-10-3-4-13-16-10/h3-6H,1-2H3,(H3,12,13,14,15,16,17). The number of urea groups is 1. The normalized spacial score (nSPS) is 10.0. The summed E-state index contributed by atoms with van der Waals surface area (Å²) in [7, 11) is 0. The van der Waals surface area contributed by atoms with Gasteiger partial charge < -0.3 is 5.32 Å². The van der Waals surface area contributed by atoms with Crippen LogP contribution < -0.4 is 10.6 Å². The Morgan fingerprint density at radius 1 is 1.35 bits per heavy atom. The van der Waals surface area contributed by atoms with Gasteiger partial charge in [0, 0.05) is 23.6 Å². The number of anilines is 2. The van der Waals surface area contributed by atoms with E-state index in [0.717, 1.165) is 16.9 Å². The second-order valence-electron chi connectivity index (χ2n) is 3.69. The van der Waals surface area contributed by atoms with E-state index in [0.29, 0.717) is 5.82 Å². The second-order valence-corrected chi connectivity index (χ2v) is 3.69. The Hall–Kier alpha value is -2.37. The number of H-pyrrole nitrogens is 1. The molecule has 0 atom stereocenters. The number of pyridine rings is 1. The molecule has 0 radical (unpaired) electrons. The van der Waals surface area contributed by atoms with E-state index in [1.807, 2.05) is 19.9 Å². The lowest BCUT2D eigenvalue weighted by atomic mass is 10.2. The minimum absolute atomic E-state index is 0.317. The van der Waals surface area contributed by atoms with Crippen LogP contribution in [0.2, 0.25) is 0 Å². The third-order valence-corrected chi connectivity index (χ3v) is 2.24. The van der Waals surface area contributed by atoms with Crippen LogP contribution in [0.25, 0.3) is 0 Å². The molecule has 0 saturated carbocycles. The van der Waals surface area contributed by atoms with E-state index >= 15 is 0 Å². The highest BCUT2D eigenvalue weighted by Gasteiger charge is 2.05. The Kier molecular flexibility index (Phi) is 3.04. The summed E-state index contributed by atoms with van der Waals surface area (Å²) in [5.41, 5.74) is 2.51. The number of nitrogens with one attached hydrogen (secondary N) is 3. The van der Waals surface area contributed by atoms with Crippen molar-refractivity contribution >= 4 is 17.5 Å². The van der Waals surface area contributed by atoms with Gasteiger partial charge in [-0.15, -0.1) is 0 Å². The van der Waals surface area contributed by atoms with Crippen LogP contribution in [0.3, 0.4) is 0 Å². The maximum absolute atomic E-state index is 11.7. The molecule has 0 aromatic carbocycles. The molecule has 2 aromatic rings. The second kappa shape index (κ2) is 4.65. The SMILES string of the molecule is Cc1cc(NC(=O)Nc2ccn[nH]2)c(C)cn1. The summed E-state index contributed by atoms with van der Waals surface area (Å²) in [6, 6.07) is 3.18. The van der Waals surface area contributed by atoms with Crippen molar-refractivity contribution in [3.8, 4) is 0 Å². The quantitative estimate of drug-likeness (QED) is 0.739. The van der Waals surface area contributed by atoms with Crippen molar-refractivity contribution in [1.29, 1.82) is 0 Å². The molecule has 0 fully saturated rings. The smallest absolute Gasteiger partial charge is 0.307 e. The molecule has 6 nitrogen and oxygen atoms in total. The molecule has 2 amide bonds. The number of rotatable bonds is 2. The van der Waals surface area contributed by atoms with E-state index in [4.69, 9.17) is 0 Å². The predicted molar refractivity (Wildman–Crippen MR) is 64.9 cm³/mol. The number of aromatic amines is 1. The topological polar surface area (TPSA) is 82.7 Å². The summed E-state index contributed by atoms with van der Waals surface area (Å²) in [5, 5.41) is 11.8. The van der Waals surface area contributed by atoms with Crippen molar-refractivity contribution in [1.82, 2.24) is 15.2 Å². The number of hydrogen-bond donors (Lipinski definition) is 3. The number of aromatic nitrogens is 3. The van der Waals surface area contributed by atoms with Gasteiger partial charge >= 0.3 is 6.03 Å². The summed E-state index contributed by atoms with van der Waals surface area (Å²) >= 11 is 0. The zero-order valence-electron chi connectivity index (χ0n) is 9.61. The highest BCUT2D eigenvalue weighted by atomic mass is 16.2. The van der Waals surface area contributed by atoms with Gasteiger partial charge in [0.1, 0.15) is 5.82 Å². The molecule has 2 rings (SSSR count). The number of aryl methyl sites for hydroxylation is 2. The van der Waals surface area contributed by atoms with E-state index in [1.165, 1.54) is 0 Å². The van der Waals surface area contributed by atoms with E-state index < -0.39 is 0 Å². The minimum atomic E-state index is -0.317. The van der Waals surface area contributed by atoms with Gasteiger partial charge in [0.15, 0.2) is 0 Å². The predicted octanol–water partition coefficient (Wildman–Crippen LogP) is 2.07. The first-order chi connectivity index (χ1) is 8.15. The number of carbonyl (C=O) groups excluding carboxylic acids is 1. The van der Waals surface area contributed by atoms with Crippen LogP contribution in [-0.2, 0) is 0 Å². The van der Waals surface area contributed by atoms with Gasteiger partial charge in [0.25, 0.3) is 0 Å². The third kappa shape index (κ3) is 2.81. The molecule has 0 spiro atoms. The summed E-state index contributed by atoms with van der Waals surface area (Å²) < 4.78 is 0. The van der Waals surface area contributed by atoms with E-state index in [1.54, 1.807) is 18.5 Å². The number of nitrogens with zero attached hydrogens (tertiary/aromatic N) is 2. The molecular weight excluding hydrogens is 218 g/mol. The number of amides is 2. The van der Waals surface area contributed by atoms with Gasteiger partial charge in [-0.1, -0.05) is 0 Å². The molecule has 0 aliphatic heterocycles. The fraction of sp³-hybridized carbons (Fsp3) is 0.182. The maximum atomic E-state index is 11.7. The van der Waals surface area contributed by atoms with E-state index in [2.05, 4.69) is 25.8 Å². The largest absolute Gasteiger partial charge is 0.324 e. The molecule has 2 heterocycles. The monoisotopic (exact) mass is 231 g/mol. The van der Waals surface area contributed by atoms with Crippen molar-refractivity contribution in [2.45, 2.75) is 13.8 Å². The van der Waals surface area contributed by atoms with Gasteiger partial charge in [-0.2, -0.15) is 5.10 Å². The molecule has 0 aliphatic rings. The Morgan fingerprint density at radius 3 is 2.88 bits per heavy atom. The number of carbonyl (C=O) groups is 1. The van der Waals surface area contributed by atoms with Gasteiger partial charge in [0.2, 0.25) is 0 Å². The van der Waals surface area contributed by atoms with Crippen LogP contribution in [-0.4, -0.2) is 21.2 Å². The highest BCUT2D eigenvalue weighted by molar-refractivity contribution is 5.99. The summed E-state index contributed by atoms with van der Waals surface area (Å²) in [6.45, 7) is 3.76. The Bertz CT molecular complexity index is 521. The average molecular weight is 231 g/mol. The summed E-state index contributed by atoms with van der Waals surface area (Å²) in [4.78, 5) is 15.8. The van der Waals surface area contributed by atoms with Crippen molar-refractivity contribution in [2.75, 3.05) is 10.6 Å². The van der Waals surface area contributed by atoms with Crippen LogP contribution in [0.5, 0.6) is 0 Å². The fourth-order valence-electron chi connectivity index (χ4n) is 1.36. The molecule has 88 valence electrons. The fourth-order valence-corrected chi connectivity index (χ4v) is 1.36. The molecule has 6 heteroatoms. The minimum Gasteiger partial charge on any atom is -0.307 e. The molecule has 3 N–H and O–H groups in total. The van der Waals surface area contributed by atoms with Crippen molar-refractivity contribution < 1.29 is 4.79 Å². The molecule has 0 bridgehead atoms. The van der Waals surface area contributed by atoms with Crippen LogP contribution >= 0.6 is 0 Å². The third-order valence-electron chi connectivity index (χ3n) is 2.24. The van der Waals surface area contributed by atoms with Crippen LogP contribution in [0.4, 0.5) is 16.3 Å². The first-order valence-electron chi connectivity index (χ1n) is 5.16. The Balaban J connectivity index is 2.05. The van der Waals surface area contributed by atoms with E-state index in [9.17, 15) is 4.79 Å². The van der Waals surface area contributed by atoms with Gasteiger partial charge in [0.05, 0.1) is 6.20 Å². The van der Waals surface area contributed by atoms with E-state index in [-0.39, 0.29) is 6.03 Å². The lowest BCUT2D eigenvalue weighted by Crippen LogP contribution is -2.20. The van der Waals surface area contributed by atoms with Crippen LogP contribution in [0, 0.1) is 13.8 Å². The molecule has 0 saturated heterocycles.